The minimum Gasteiger partial charge on any atom is -0.347 e. The quantitative estimate of drug-likeness (QED) is 0.679. The zero-order chi connectivity index (χ0) is 15.7. The van der Waals surface area contributed by atoms with Crippen LogP contribution in [0.15, 0.2) is 22.8 Å². The lowest BCUT2D eigenvalue weighted by Crippen LogP contribution is -2.41. The molecule has 0 bridgehead atoms. The summed E-state index contributed by atoms with van der Waals surface area (Å²) in [5.41, 5.74) is 4.71. The Bertz CT molecular complexity index is 623. The molecule has 2 fully saturated rings. The number of ether oxygens (including phenoxy) is 2. The van der Waals surface area contributed by atoms with Gasteiger partial charge in [0.25, 0.3) is 0 Å². The lowest BCUT2D eigenvalue weighted by atomic mass is 9.58. The molecule has 0 amide bonds. The number of allylic oxidation sites excluding steroid dienone is 3. The minimum atomic E-state index is -0.307. The zero-order valence-electron chi connectivity index (χ0n) is 14.0. The first-order valence-corrected chi connectivity index (χ1v) is 9.34. The second-order valence-electron chi connectivity index (χ2n) is 8.36. The summed E-state index contributed by atoms with van der Waals surface area (Å²) in [6, 6.07) is 0. The van der Waals surface area contributed by atoms with Crippen LogP contribution in [-0.2, 0) is 14.3 Å². The number of Topliss-reactive ketones (excluding diaryl/α,β-unsaturated/α-hetero) is 1. The molecule has 4 aliphatic carbocycles. The highest BCUT2D eigenvalue weighted by atomic mass is 16.7. The van der Waals surface area contributed by atoms with Crippen LogP contribution in [0.2, 0.25) is 0 Å². The van der Waals surface area contributed by atoms with Crippen molar-refractivity contribution in [2.24, 2.45) is 17.3 Å². The van der Waals surface area contributed by atoms with Crippen LogP contribution >= 0.6 is 0 Å². The van der Waals surface area contributed by atoms with Gasteiger partial charge in [-0.15, -0.1) is 0 Å². The van der Waals surface area contributed by atoms with Gasteiger partial charge in [-0.2, -0.15) is 0 Å². The third kappa shape index (κ3) is 1.93. The highest BCUT2D eigenvalue weighted by molar-refractivity contribution is 5.87. The van der Waals surface area contributed by atoms with Crippen LogP contribution in [-0.4, -0.2) is 24.8 Å². The molecule has 3 atom stereocenters. The van der Waals surface area contributed by atoms with Crippen LogP contribution in [0, 0.1) is 17.3 Å². The first kappa shape index (κ1) is 14.4. The summed E-state index contributed by atoms with van der Waals surface area (Å²) in [7, 11) is 0. The maximum Gasteiger partial charge on any atom is 0.172 e. The van der Waals surface area contributed by atoms with Crippen LogP contribution < -0.4 is 0 Å². The van der Waals surface area contributed by atoms with E-state index in [1.165, 1.54) is 12.8 Å². The predicted molar refractivity (Wildman–Crippen MR) is 86.8 cm³/mol. The molecule has 3 heteroatoms. The maximum atomic E-state index is 12.4. The molecule has 23 heavy (non-hydrogen) atoms. The Morgan fingerprint density at radius 3 is 2.78 bits per heavy atom. The predicted octanol–water partition coefficient (Wildman–Crippen LogP) is 3.94. The zero-order valence-corrected chi connectivity index (χ0v) is 14.0. The van der Waals surface area contributed by atoms with Crippen molar-refractivity contribution >= 4 is 5.78 Å². The number of carbonyl (C=O) groups excluding carboxylic acids is 1. The Morgan fingerprint density at radius 1 is 1.13 bits per heavy atom. The van der Waals surface area contributed by atoms with E-state index in [1.807, 2.05) is 0 Å². The number of hydrogen-bond acceptors (Lipinski definition) is 3. The fraction of sp³-hybridized carbons (Fsp3) is 0.750. The largest absolute Gasteiger partial charge is 0.347 e. The number of fused-ring (bicyclic) bond motifs is 4. The topological polar surface area (TPSA) is 35.5 Å². The van der Waals surface area contributed by atoms with Crippen molar-refractivity contribution < 1.29 is 14.3 Å². The first-order chi connectivity index (χ1) is 11.1. The molecule has 124 valence electrons. The summed E-state index contributed by atoms with van der Waals surface area (Å²) >= 11 is 0. The Balaban J connectivity index is 1.49. The third-order valence-corrected chi connectivity index (χ3v) is 7.35. The van der Waals surface area contributed by atoms with Gasteiger partial charge in [-0.25, -0.2) is 0 Å². The van der Waals surface area contributed by atoms with Gasteiger partial charge in [0.1, 0.15) is 5.78 Å². The first-order valence-electron chi connectivity index (χ1n) is 9.34. The molecule has 1 spiro atoms. The van der Waals surface area contributed by atoms with E-state index in [1.54, 1.807) is 16.7 Å². The number of ketones is 1. The fourth-order valence-corrected chi connectivity index (χ4v) is 6.08. The minimum absolute atomic E-state index is 0.0696. The van der Waals surface area contributed by atoms with E-state index in [0.29, 0.717) is 17.6 Å². The summed E-state index contributed by atoms with van der Waals surface area (Å²) in [6.07, 6.45) is 10.7. The Morgan fingerprint density at radius 2 is 1.96 bits per heavy atom. The van der Waals surface area contributed by atoms with Crippen LogP contribution in [0.25, 0.3) is 0 Å². The fourth-order valence-electron chi connectivity index (χ4n) is 6.08. The Hall–Kier alpha value is -0.930. The van der Waals surface area contributed by atoms with Gasteiger partial charge in [0, 0.05) is 24.7 Å². The van der Waals surface area contributed by atoms with E-state index in [9.17, 15) is 4.79 Å². The van der Waals surface area contributed by atoms with Gasteiger partial charge >= 0.3 is 0 Å². The lowest BCUT2D eigenvalue weighted by molar-refractivity contribution is -0.164. The Kier molecular flexibility index (Phi) is 3.01. The van der Waals surface area contributed by atoms with E-state index < -0.39 is 0 Å². The molecule has 3 nitrogen and oxygen atoms in total. The average molecular weight is 314 g/mol. The summed E-state index contributed by atoms with van der Waals surface area (Å²) < 4.78 is 11.9. The van der Waals surface area contributed by atoms with Crippen LogP contribution in [0.5, 0.6) is 0 Å². The molecule has 1 saturated carbocycles. The highest BCUT2D eigenvalue weighted by Crippen LogP contribution is 2.58. The Labute approximate surface area is 138 Å². The van der Waals surface area contributed by atoms with Gasteiger partial charge in [0.15, 0.2) is 5.79 Å². The molecule has 0 aromatic carbocycles. The molecule has 1 aliphatic heterocycles. The number of carbonyl (C=O) groups is 1. The van der Waals surface area contributed by atoms with E-state index in [0.717, 1.165) is 51.7 Å². The molecule has 1 heterocycles. The monoisotopic (exact) mass is 314 g/mol. The van der Waals surface area contributed by atoms with Gasteiger partial charge in [0.2, 0.25) is 0 Å². The van der Waals surface area contributed by atoms with Crippen LogP contribution in [0.1, 0.15) is 58.3 Å². The van der Waals surface area contributed by atoms with E-state index in [-0.39, 0.29) is 11.2 Å². The summed E-state index contributed by atoms with van der Waals surface area (Å²) in [5.74, 6) is 1.41. The summed E-state index contributed by atoms with van der Waals surface area (Å²) in [6.45, 7) is 3.72. The molecule has 5 rings (SSSR count). The van der Waals surface area contributed by atoms with Crippen molar-refractivity contribution in [1.82, 2.24) is 0 Å². The van der Waals surface area contributed by atoms with Crippen molar-refractivity contribution in [2.45, 2.75) is 64.1 Å². The molecule has 0 radical (unpaired) electrons. The third-order valence-electron chi connectivity index (χ3n) is 7.35. The molecule has 1 unspecified atom stereocenters. The maximum absolute atomic E-state index is 12.4. The van der Waals surface area contributed by atoms with E-state index in [2.05, 4.69) is 13.0 Å². The molecule has 0 aromatic rings. The van der Waals surface area contributed by atoms with Gasteiger partial charge in [-0.3, -0.25) is 4.79 Å². The van der Waals surface area contributed by atoms with E-state index in [4.69, 9.17) is 9.47 Å². The number of rotatable bonds is 0. The highest BCUT2D eigenvalue weighted by Gasteiger charge is 2.53. The molecule has 5 aliphatic rings. The molecular weight excluding hydrogens is 288 g/mol. The van der Waals surface area contributed by atoms with Crippen molar-refractivity contribution in [3.8, 4) is 0 Å². The lowest BCUT2D eigenvalue weighted by Gasteiger charge is -2.46. The van der Waals surface area contributed by atoms with Crippen LogP contribution in [0.4, 0.5) is 0 Å². The summed E-state index contributed by atoms with van der Waals surface area (Å²) in [5, 5.41) is 0. The average Bonchev–Trinajstić information content (AvgIpc) is 3.12. The van der Waals surface area contributed by atoms with Crippen LogP contribution in [0.3, 0.4) is 0 Å². The van der Waals surface area contributed by atoms with Gasteiger partial charge in [0.05, 0.1) is 13.2 Å². The van der Waals surface area contributed by atoms with E-state index >= 15 is 0 Å². The molecule has 1 saturated heterocycles. The second-order valence-corrected chi connectivity index (χ2v) is 8.36. The van der Waals surface area contributed by atoms with Crippen molar-refractivity contribution in [3.05, 3.63) is 22.8 Å². The van der Waals surface area contributed by atoms with Gasteiger partial charge in [-0.05, 0) is 55.1 Å². The van der Waals surface area contributed by atoms with Crippen molar-refractivity contribution in [2.75, 3.05) is 13.2 Å². The number of hydrogen-bond donors (Lipinski definition) is 0. The molecule has 0 aromatic heterocycles. The summed E-state index contributed by atoms with van der Waals surface area (Å²) in [4.78, 5) is 12.4. The molecule has 0 N–H and O–H groups in total. The van der Waals surface area contributed by atoms with Crippen molar-refractivity contribution in [1.29, 1.82) is 0 Å². The second kappa shape index (κ2) is 4.80. The SMILES string of the molecule is C[C@]12CC=C3C4=C(CCC3[C@@H]1CCC2=O)CC1(CC4)OCCO1. The smallest absolute Gasteiger partial charge is 0.172 e. The normalized spacial score (nSPS) is 41.6. The van der Waals surface area contributed by atoms with Crippen molar-refractivity contribution in [3.63, 3.8) is 0 Å². The van der Waals surface area contributed by atoms with Gasteiger partial charge in [-0.1, -0.05) is 18.6 Å². The standard InChI is InChI=1S/C20H26O3/c1-19-8-6-15-14-7-9-20(22-10-11-23-20)12-13(14)2-3-16(15)17(19)4-5-18(19)21/h6,16-17H,2-5,7-12H2,1H3/t16?,17-,19-/m0/s1. The van der Waals surface area contributed by atoms with Gasteiger partial charge < -0.3 is 9.47 Å². The molecular formula is C20H26O3.